The lowest BCUT2D eigenvalue weighted by Crippen LogP contribution is -2.39. The summed E-state index contributed by atoms with van der Waals surface area (Å²) in [5.41, 5.74) is 0. The van der Waals surface area contributed by atoms with Crippen LogP contribution >= 0.6 is 0 Å². The van der Waals surface area contributed by atoms with Crippen LogP contribution in [-0.2, 0) is 28.5 Å². The Kier molecular flexibility index (Phi) is 14.3. The lowest BCUT2D eigenvalue weighted by molar-refractivity contribution is -0.289. The van der Waals surface area contributed by atoms with Crippen molar-refractivity contribution in [3.05, 3.63) is 37.4 Å². The molecule has 3 aliphatic rings. The van der Waals surface area contributed by atoms with Gasteiger partial charge in [0.05, 0.1) is 37.3 Å². The summed E-state index contributed by atoms with van der Waals surface area (Å²) in [6.45, 7) is 7.74. The number of esters is 2. The fourth-order valence-corrected chi connectivity index (χ4v) is 6.10. The van der Waals surface area contributed by atoms with E-state index in [2.05, 4.69) is 22.6 Å². The number of benzene rings is 1. The van der Waals surface area contributed by atoms with E-state index < -0.39 is 65.3 Å². The van der Waals surface area contributed by atoms with Gasteiger partial charge >= 0.3 is 30.5 Å². The molecular weight excluding hydrogens is 694 g/mol. The number of alkyl halides is 6. The van der Waals surface area contributed by atoms with Gasteiger partial charge < -0.3 is 37.9 Å². The quantitative estimate of drug-likeness (QED) is 0.0564. The fourth-order valence-electron chi connectivity index (χ4n) is 6.10. The predicted molar refractivity (Wildman–Crippen MR) is 168 cm³/mol. The van der Waals surface area contributed by atoms with E-state index in [9.17, 15) is 18.4 Å². The lowest BCUT2D eigenvalue weighted by Gasteiger charge is -2.34. The molecule has 10 nitrogen and oxygen atoms in total. The number of hydrogen-bond donors (Lipinski definition) is 0. The standard InChI is InChI=1S/C35H44F6O10/c1-3-29(42)46-21-7-5-19-44-25-13-9-23(10-14-25)33(36,37)48-27-17-18-28(32-31(27)50-35(40,41)51-32)49-34(38,39)24-11-15-26(16-12-24)45-20-6-8-22-47-30(43)4-2/h3-4,17-18,23-26H,1-2,5-16,19-22H2. The second kappa shape index (κ2) is 18.2. The molecular formula is C35H44F6O10. The van der Waals surface area contributed by atoms with Gasteiger partial charge in [-0.15, -0.1) is 8.78 Å². The largest absolute Gasteiger partial charge is 0.586 e. The van der Waals surface area contributed by atoms with E-state index >= 15 is 17.6 Å². The van der Waals surface area contributed by atoms with Gasteiger partial charge in [-0.3, -0.25) is 0 Å². The molecule has 1 aliphatic heterocycles. The SMILES string of the molecule is C=CC(=O)OCCCCOC1CCC(C(F)(F)Oc2ccc(OC(F)(F)C3CCC(OCCCCOC(=O)C=C)CC3)c3c2OC(F)(F)O3)CC1. The molecule has 1 aromatic rings. The first-order valence-electron chi connectivity index (χ1n) is 17.1. The van der Waals surface area contributed by atoms with Crippen molar-refractivity contribution in [3.63, 3.8) is 0 Å². The van der Waals surface area contributed by atoms with Crippen molar-refractivity contribution in [3.8, 4) is 23.0 Å². The Morgan fingerprint density at radius 1 is 0.667 bits per heavy atom. The van der Waals surface area contributed by atoms with Crippen LogP contribution in [0.1, 0.15) is 77.0 Å². The summed E-state index contributed by atoms with van der Waals surface area (Å²) >= 11 is 0. The van der Waals surface area contributed by atoms with Crippen LogP contribution in [0.3, 0.4) is 0 Å². The zero-order chi connectivity index (χ0) is 37.1. The maximum absolute atomic E-state index is 15.3. The maximum atomic E-state index is 15.3. The van der Waals surface area contributed by atoms with Crippen molar-refractivity contribution >= 4 is 11.9 Å². The van der Waals surface area contributed by atoms with E-state index in [1.54, 1.807) is 0 Å². The van der Waals surface area contributed by atoms with Gasteiger partial charge in [-0.05, 0) is 89.2 Å². The smallest absolute Gasteiger partial charge is 0.463 e. The minimum absolute atomic E-state index is 0.0122. The molecule has 16 heteroatoms. The van der Waals surface area contributed by atoms with Crippen molar-refractivity contribution in [1.82, 2.24) is 0 Å². The van der Waals surface area contributed by atoms with E-state index in [4.69, 9.17) is 28.4 Å². The van der Waals surface area contributed by atoms with Crippen LogP contribution in [-0.4, -0.2) is 69.1 Å². The molecule has 0 bridgehead atoms. The number of halogens is 6. The third-order valence-electron chi connectivity index (χ3n) is 8.88. The van der Waals surface area contributed by atoms with Gasteiger partial charge in [-0.1, -0.05) is 13.2 Å². The molecule has 0 N–H and O–H groups in total. The molecule has 2 saturated carbocycles. The number of ether oxygens (including phenoxy) is 8. The number of fused-ring (bicyclic) bond motifs is 1. The van der Waals surface area contributed by atoms with Crippen LogP contribution in [0.5, 0.6) is 23.0 Å². The highest BCUT2D eigenvalue weighted by molar-refractivity contribution is 5.81. The van der Waals surface area contributed by atoms with E-state index in [0.29, 0.717) is 64.6 Å². The minimum atomic E-state index is -4.34. The zero-order valence-electron chi connectivity index (χ0n) is 28.2. The van der Waals surface area contributed by atoms with Crippen LogP contribution < -0.4 is 18.9 Å². The Hall–Kier alpha value is -3.66. The molecule has 0 spiro atoms. The maximum Gasteiger partial charge on any atom is 0.586 e. The van der Waals surface area contributed by atoms with Crippen LogP contribution in [0.4, 0.5) is 26.3 Å². The number of hydrogen-bond acceptors (Lipinski definition) is 10. The van der Waals surface area contributed by atoms with Gasteiger partial charge in [0.15, 0.2) is 11.5 Å². The average molecular weight is 739 g/mol. The van der Waals surface area contributed by atoms with Crippen LogP contribution in [0.15, 0.2) is 37.4 Å². The molecule has 2 aliphatic carbocycles. The highest BCUT2D eigenvalue weighted by atomic mass is 19.3. The molecule has 51 heavy (non-hydrogen) atoms. The summed E-state index contributed by atoms with van der Waals surface area (Å²) in [7, 11) is 0. The summed E-state index contributed by atoms with van der Waals surface area (Å²) in [5, 5.41) is 0. The monoisotopic (exact) mass is 738 g/mol. The Balaban J connectivity index is 1.26. The highest BCUT2D eigenvalue weighted by Crippen LogP contribution is 2.55. The molecule has 0 atom stereocenters. The molecule has 0 radical (unpaired) electrons. The molecule has 0 unspecified atom stereocenters. The van der Waals surface area contributed by atoms with Gasteiger partial charge in [0.2, 0.25) is 11.5 Å². The van der Waals surface area contributed by atoms with Gasteiger partial charge in [-0.25, -0.2) is 9.59 Å². The summed E-state index contributed by atoms with van der Waals surface area (Å²) in [6.07, 6.45) is -6.79. The van der Waals surface area contributed by atoms with Crippen molar-refractivity contribution < 1.29 is 73.8 Å². The molecule has 286 valence electrons. The van der Waals surface area contributed by atoms with Crippen molar-refractivity contribution in [1.29, 1.82) is 0 Å². The number of rotatable bonds is 20. The van der Waals surface area contributed by atoms with E-state index in [1.165, 1.54) is 0 Å². The summed E-state index contributed by atoms with van der Waals surface area (Å²) in [6, 6.07) is 1.63. The molecule has 1 aromatic carbocycles. The lowest BCUT2D eigenvalue weighted by atomic mass is 9.86. The van der Waals surface area contributed by atoms with Crippen LogP contribution in [0.2, 0.25) is 0 Å². The van der Waals surface area contributed by atoms with Gasteiger partial charge in [0.25, 0.3) is 0 Å². The second-order valence-corrected chi connectivity index (χ2v) is 12.6. The number of unbranched alkanes of at least 4 members (excludes halogenated alkanes) is 2. The van der Waals surface area contributed by atoms with Crippen LogP contribution in [0, 0.1) is 11.8 Å². The Morgan fingerprint density at radius 3 is 1.37 bits per heavy atom. The van der Waals surface area contributed by atoms with Gasteiger partial charge in [0.1, 0.15) is 0 Å². The summed E-state index contributed by atoms with van der Waals surface area (Å²) in [5.74, 6) is -7.17. The molecule has 0 aromatic heterocycles. The third kappa shape index (κ3) is 11.9. The second-order valence-electron chi connectivity index (χ2n) is 12.6. The Bertz CT molecular complexity index is 1230. The summed E-state index contributed by atoms with van der Waals surface area (Å²) < 4.78 is 130. The third-order valence-corrected chi connectivity index (χ3v) is 8.88. The van der Waals surface area contributed by atoms with Crippen molar-refractivity contribution in [2.45, 2.75) is 108 Å². The van der Waals surface area contributed by atoms with E-state index in [1.807, 2.05) is 0 Å². The molecule has 2 fully saturated rings. The number of carbonyl (C=O) groups is 2. The van der Waals surface area contributed by atoms with Crippen LogP contribution in [0.25, 0.3) is 0 Å². The van der Waals surface area contributed by atoms with E-state index in [0.717, 1.165) is 24.3 Å². The Morgan fingerprint density at radius 2 is 1.02 bits per heavy atom. The first-order chi connectivity index (χ1) is 24.2. The molecule has 0 saturated heterocycles. The Labute approximate surface area is 292 Å². The first-order valence-corrected chi connectivity index (χ1v) is 17.1. The van der Waals surface area contributed by atoms with Crippen molar-refractivity contribution in [2.24, 2.45) is 11.8 Å². The molecule has 0 amide bonds. The zero-order valence-corrected chi connectivity index (χ0v) is 28.2. The summed E-state index contributed by atoms with van der Waals surface area (Å²) in [4.78, 5) is 22.1. The highest BCUT2D eigenvalue weighted by Gasteiger charge is 2.52. The van der Waals surface area contributed by atoms with Crippen molar-refractivity contribution in [2.75, 3.05) is 26.4 Å². The fraction of sp³-hybridized carbons (Fsp3) is 0.657. The average Bonchev–Trinajstić information content (AvgIpc) is 3.44. The van der Waals surface area contributed by atoms with Gasteiger partial charge in [-0.2, -0.15) is 17.6 Å². The van der Waals surface area contributed by atoms with E-state index in [-0.39, 0.29) is 51.1 Å². The van der Waals surface area contributed by atoms with Gasteiger partial charge in [0, 0.05) is 25.4 Å². The number of carbonyl (C=O) groups excluding carboxylic acids is 2. The predicted octanol–water partition coefficient (Wildman–Crippen LogP) is 8.12. The topological polar surface area (TPSA) is 108 Å². The molecule has 1 heterocycles. The molecule has 4 rings (SSSR count). The normalized spacial score (nSPS) is 22.9. The minimum Gasteiger partial charge on any atom is -0.463 e. The first kappa shape index (κ1) is 40.1.